The van der Waals surface area contributed by atoms with E-state index < -0.39 is 5.92 Å². The van der Waals surface area contributed by atoms with Crippen molar-refractivity contribution in [1.29, 1.82) is 0 Å². The molecule has 6 heteroatoms. The number of amides is 2. The normalized spacial score (nSPS) is 16.2. The lowest BCUT2D eigenvalue weighted by atomic mass is 10.0. The van der Waals surface area contributed by atoms with Crippen LogP contribution in [0.5, 0.6) is 11.5 Å². The van der Waals surface area contributed by atoms with Gasteiger partial charge in [0.2, 0.25) is 11.8 Å². The topological polar surface area (TPSA) is 67.9 Å². The molecule has 1 unspecified atom stereocenters. The number of benzene rings is 2. The highest BCUT2D eigenvalue weighted by molar-refractivity contribution is 6.04. The van der Waals surface area contributed by atoms with E-state index in [1.165, 1.54) is 0 Å². The van der Waals surface area contributed by atoms with Gasteiger partial charge >= 0.3 is 0 Å². The van der Waals surface area contributed by atoms with Crippen LogP contribution in [0.3, 0.4) is 0 Å². The number of hydrogen-bond donors (Lipinski definition) is 1. The molecule has 1 N–H and O–H groups in total. The van der Waals surface area contributed by atoms with Crippen LogP contribution in [0.15, 0.2) is 30.3 Å². The van der Waals surface area contributed by atoms with Crippen LogP contribution in [0.1, 0.15) is 23.1 Å². The zero-order chi connectivity index (χ0) is 20.4. The Labute approximate surface area is 165 Å². The standard InChI is InChI=1S/C22H26N2O4/c1-13-8-14(2)21(15(3)9-13)23-22(26)16-10-20(25)24(12-16)18-7-6-17(27-4)11-19(18)28-5/h6-9,11,16H,10,12H2,1-5H3,(H,23,26). The van der Waals surface area contributed by atoms with Crippen LogP contribution in [-0.4, -0.2) is 32.6 Å². The molecule has 2 aromatic carbocycles. The maximum Gasteiger partial charge on any atom is 0.229 e. The van der Waals surface area contributed by atoms with Gasteiger partial charge in [-0.2, -0.15) is 0 Å². The van der Waals surface area contributed by atoms with Gasteiger partial charge in [-0.15, -0.1) is 0 Å². The Morgan fingerprint density at radius 3 is 2.36 bits per heavy atom. The second-order valence-electron chi connectivity index (χ2n) is 7.21. The highest BCUT2D eigenvalue weighted by Gasteiger charge is 2.36. The first kappa shape index (κ1) is 19.7. The largest absolute Gasteiger partial charge is 0.497 e. The predicted molar refractivity (Wildman–Crippen MR) is 109 cm³/mol. The van der Waals surface area contributed by atoms with Crippen LogP contribution < -0.4 is 19.7 Å². The number of aryl methyl sites for hydroxylation is 3. The minimum atomic E-state index is -0.417. The van der Waals surface area contributed by atoms with Crippen molar-refractivity contribution in [2.45, 2.75) is 27.2 Å². The Hall–Kier alpha value is -3.02. The number of carbonyl (C=O) groups is 2. The van der Waals surface area contributed by atoms with Crippen LogP contribution in [-0.2, 0) is 9.59 Å². The SMILES string of the molecule is COc1ccc(N2CC(C(=O)Nc3c(C)cc(C)cc3C)CC2=O)c(OC)c1. The molecule has 2 aromatic rings. The van der Waals surface area contributed by atoms with E-state index in [1.807, 2.05) is 32.9 Å². The third-order valence-electron chi connectivity index (χ3n) is 5.10. The summed E-state index contributed by atoms with van der Waals surface area (Å²) in [5, 5.41) is 3.02. The number of nitrogens with zero attached hydrogens (tertiary/aromatic N) is 1. The lowest BCUT2D eigenvalue weighted by Gasteiger charge is -2.20. The first-order chi connectivity index (χ1) is 13.3. The summed E-state index contributed by atoms with van der Waals surface area (Å²) in [6.45, 7) is 6.30. The summed E-state index contributed by atoms with van der Waals surface area (Å²) in [5.41, 5.74) is 4.66. The molecule has 0 aliphatic carbocycles. The molecule has 0 bridgehead atoms. The number of ether oxygens (including phenoxy) is 2. The van der Waals surface area contributed by atoms with E-state index in [4.69, 9.17) is 9.47 Å². The van der Waals surface area contributed by atoms with Gasteiger partial charge in [-0.1, -0.05) is 17.7 Å². The summed E-state index contributed by atoms with van der Waals surface area (Å²) in [7, 11) is 3.12. The first-order valence-electron chi connectivity index (χ1n) is 9.25. The average molecular weight is 382 g/mol. The van der Waals surface area contributed by atoms with Gasteiger partial charge in [0, 0.05) is 24.7 Å². The number of methoxy groups -OCH3 is 2. The fraction of sp³-hybridized carbons (Fsp3) is 0.364. The molecule has 0 aromatic heterocycles. The van der Waals surface area contributed by atoms with Crippen LogP contribution >= 0.6 is 0 Å². The second-order valence-corrected chi connectivity index (χ2v) is 7.21. The molecule has 1 heterocycles. The van der Waals surface area contributed by atoms with Crippen LogP contribution in [0.2, 0.25) is 0 Å². The highest BCUT2D eigenvalue weighted by Crippen LogP contribution is 2.36. The molecule has 0 saturated carbocycles. The van der Waals surface area contributed by atoms with E-state index in [1.54, 1.807) is 37.3 Å². The molecule has 0 radical (unpaired) electrons. The molecular formula is C22H26N2O4. The van der Waals surface area contributed by atoms with Gasteiger partial charge in [-0.3, -0.25) is 9.59 Å². The number of carbonyl (C=O) groups excluding carboxylic acids is 2. The minimum absolute atomic E-state index is 0.0963. The van der Waals surface area contributed by atoms with Gasteiger partial charge in [0.25, 0.3) is 0 Å². The van der Waals surface area contributed by atoms with Gasteiger partial charge in [0.15, 0.2) is 0 Å². The molecule has 1 aliphatic rings. The van der Waals surface area contributed by atoms with Crippen molar-refractivity contribution in [2.24, 2.45) is 5.92 Å². The van der Waals surface area contributed by atoms with Crippen molar-refractivity contribution in [3.63, 3.8) is 0 Å². The molecule has 1 atom stereocenters. The van der Waals surface area contributed by atoms with Gasteiger partial charge in [-0.05, 0) is 44.0 Å². The van der Waals surface area contributed by atoms with E-state index in [0.29, 0.717) is 23.7 Å². The molecule has 6 nitrogen and oxygen atoms in total. The fourth-order valence-corrected chi connectivity index (χ4v) is 3.73. The highest BCUT2D eigenvalue weighted by atomic mass is 16.5. The Balaban J connectivity index is 1.79. The third kappa shape index (κ3) is 3.81. The summed E-state index contributed by atoms with van der Waals surface area (Å²) < 4.78 is 10.6. The van der Waals surface area contributed by atoms with E-state index >= 15 is 0 Å². The molecule has 2 amide bonds. The van der Waals surface area contributed by atoms with Crippen LogP contribution in [0, 0.1) is 26.7 Å². The van der Waals surface area contributed by atoms with Crippen molar-refractivity contribution in [2.75, 3.05) is 31.0 Å². The fourth-order valence-electron chi connectivity index (χ4n) is 3.73. The van der Waals surface area contributed by atoms with Crippen molar-refractivity contribution in [3.05, 3.63) is 47.0 Å². The Kier molecular flexibility index (Phi) is 5.58. The van der Waals surface area contributed by atoms with E-state index in [0.717, 1.165) is 22.4 Å². The van der Waals surface area contributed by atoms with Gasteiger partial charge < -0.3 is 19.7 Å². The lowest BCUT2D eigenvalue weighted by Crippen LogP contribution is -2.28. The van der Waals surface area contributed by atoms with E-state index in [-0.39, 0.29) is 18.2 Å². The summed E-state index contributed by atoms with van der Waals surface area (Å²) in [4.78, 5) is 27.1. The zero-order valence-electron chi connectivity index (χ0n) is 17.0. The molecule has 1 saturated heterocycles. The maximum absolute atomic E-state index is 12.8. The number of anilines is 2. The summed E-state index contributed by atoms with van der Waals surface area (Å²) >= 11 is 0. The van der Waals surface area contributed by atoms with Gasteiger partial charge in [-0.25, -0.2) is 0 Å². The number of rotatable bonds is 5. The van der Waals surface area contributed by atoms with Gasteiger partial charge in [0.1, 0.15) is 11.5 Å². The molecule has 3 rings (SSSR count). The molecule has 1 fully saturated rings. The molecule has 0 spiro atoms. The minimum Gasteiger partial charge on any atom is -0.497 e. The second kappa shape index (κ2) is 7.92. The smallest absolute Gasteiger partial charge is 0.229 e. The number of hydrogen-bond acceptors (Lipinski definition) is 4. The Morgan fingerprint density at radius 2 is 1.75 bits per heavy atom. The van der Waals surface area contributed by atoms with E-state index in [9.17, 15) is 9.59 Å². The summed E-state index contributed by atoms with van der Waals surface area (Å²) in [5.74, 6) is 0.532. The van der Waals surface area contributed by atoms with Gasteiger partial charge in [0.05, 0.1) is 25.8 Å². The first-order valence-corrected chi connectivity index (χ1v) is 9.25. The third-order valence-corrected chi connectivity index (χ3v) is 5.10. The van der Waals surface area contributed by atoms with Crippen LogP contribution in [0.4, 0.5) is 11.4 Å². The Bertz CT molecular complexity index is 900. The van der Waals surface area contributed by atoms with Crippen molar-refractivity contribution in [3.8, 4) is 11.5 Å². The van der Waals surface area contributed by atoms with Crippen LogP contribution in [0.25, 0.3) is 0 Å². The zero-order valence-corrected chi connectivity index (χ0v) is 17.0. The monoisotopic (exact) mass is 382 g/mol. The predicted octanol–water partition coefficient (Wildman–Crippen LogP) is 3.62. The summed E-state index contributed by atoms with van der Waals surface area (Å²) in [6.07, 6.45) is 0.172. The van der Waals surface area contributed by atoms with E-state index in [2.05, 4.69) is 5.32 Å². The molecule has 28 heavy (non-hydrogen) atoms. The quantitative estimate of drug-likeness (QED) is 0.858. The van der Waals surface area contributed by atoms with Crippen molar-refractivity contribution in [1.82, 2.24) is 0 Å². The molecule has 148 valence electrons. The molecular weight excluding hydrogens is 356 g/mol. The molecule has 1 aliphatic heterocycles. The van der Waals surface area contributed by atoms with Crippen molar-refractivity contribution >= 4 is 23.2 Å². The van der Waals surface area contributed by atoms with Crippen molar-refractivity contribution < 1.29 is 19.1 Å². The number of nitrogens with one attached hydrogen (secondary N) is 1. The summed E-state index contributed by atoms with van der Waals surface area (Å²) in [6, 6.07) is 9.37. The Morgan fingerprint density at radius 1 is 1.07 bits per heavy atom. The lowest BCUT2D eigenvalue weighted by molar-refractivity contribution is -0.122. The average Bonchev–Trinajstić information content (AvgIpc) is 3.05. The maximum atomic E-state index is 12.8.